The summed E-state index contributed by atoms with van der Waals surface area (Å²) in [4.78, 5) is 22.2. The molecule has 3 rings (SSSR count). The van der Waals surface area contributed by atoms with Crippen LogP contribution in [0.5, 0.6) is 0 Å². The lowest BCUT2D eigenvalue weighted by Crippen LogP contribution is -2.32. The Morgan fingerprint density at radius 2 is 1.91 bits per heavy atom. The first-order chi connectivity index (χ1) is 10.6. The Morgan fingerprint density at radius 3 is 2.64 bits per heavy atom. The van der Waals surface area contributed by atoms with E-state index in [1.165, 1.54) is 6.92 Å². The summed E-state index contributed by atoms with van der Waals surface area (Å²) in [6, 6.07) is 9.55. The Morgan fingerprint density at radius 1 is 1.18 bits per heavy atom. The van der Waals surface area contributed by atoms with Gasteiger partial charge < -0.3 is 23.7 Å². The molecule has 0 saturated carbocycles. The van der Waals surface area contributed by atoms with Crippen LogP contribution in [0.3, 0.4) is 0 Å². The Bertz CT molecular complexity index is 544. The van der Waals surface area contributed by atoms with Crippen molar-refractivity contribution in [2.24, 2.45) is 0 Å². The predicted octanol–water partition coefficient (Wildman–Crippen LogP) is 1.40. The summed E-state index contributed by atoms with van der Waals surface area (Å²) >= 11 is 0. The highest BCUT2D eigenvalue weighted by atomic mass is 16.8. The highest BCUT2D eigenvalue weighted by Gasteiger charge is 2.55. The molecule has 7 nitrogen and oxygen atoms in total. The maximum atomic E-state index is 11.3. The minimum absolute atomic E-state index is 0.0155. The van der Waals surface area contributed by atoms with Gasteiger partial charge in [0.2, 0.25) is 0 Å². The number of rotatable bonds is 5. The molecule has 118 valence electrons. The summed E-state index contributed by atoms with van der Waals surface area (Å²) in [7, 11) is 0. The van der Waals surface area contributed by atoms with Crippen molar-refractivity contribution in [3.63, 3.8) is 0 Å². The lowest BCUT2D eigenvalue weighted by molar-refractivity contribution is -0.183. The van der Waals surface area contributed by atoms with Crippen molar-refractivity contribution >= 4 is 12.1 Å². The molecule has 0 aromatic heterocycles. The predicted molar refractivity (Wildman–Crippen MR) is 71.7 cm³/mol. The smallest absolute Gasteiger partial charge is 0.463 e. The Labute approximate surface area is 127 Å². The first-order valence-electron chi connectivity index (χ1n) is 6.95. The highest BCUT2D eigenvalue weighted by Crippen LogP contribution is 2.33. The molecule has 1 aromatic carbocycles. The van der Waals surface area contributed by atoms with E-state index >= 15 is 0 Å². The monoisotopic (exact) mass is 308 g/mol. The van der Waals surface area contributed by atoms with Crippen LogP contribution < -0.4 is 0 Å². The van der Waals surface area contributed by atoms with Gasteiger partial charge in [-0.2, -0.15) is 0 Å². The fourth-order valence-electron chi connectivity index (χ4n) is 2.43. The number of ether oxygens (including phenoxy) is 5. The van der Waals surface area contributed by atoms with Gasteiger partial charge in [-0.3, -0.25) is 4.79 Å². The number of hydrogen-bond donors (Lipinski definition) is 0. The molecule has 7 heteroatoms. The van der Waals surface area contributed by atoms with Crippen LogP contribution in [0.4, 0.5) is 4.79 Å². The number of benzene rings is 1. The van der Waals surface area contributed by atoms with Gasteiger partial charge in [0.15, 0.2) is 18.5 Å². The van der Waals surface area contributed by atoms with Crippen molar-refractivity contribution in [1.82, 2.24) is 0 Å². The summed E-state index contributed by atoms with van der Waals surface area (Å²) in [5.74, 6) is -0.431. The van der Waals surface area contributed by atoms with E-state index in [0.717, 1.165) is 5.56 Å². The fraction of sp³-hybridized carbons (Fsp3) is 0.467. The van der Waals surface area contributed by atoms with Crippen LogP contribution in [0.2, 0.25) is 0 Å². The molecule has 2 saturated heterocycles. The summed E-state index contributed by atoms with van der Waals surface area (Å²) < 4.78 is 26.4. The first-order valence-corrected chi connectivity index (χ1v) is 6.95. The van der Waals surface area contributed by atoms with Crippen molar-refractivity contribution in [3.05, 3.63) is 35.9 Å². The normalized spacial score (nSPS) is 29.6. The molecule has 1 aromatic rings. The third kappa shape index (κ3) is 3.20. The average molecular weight is 308 g/mol. The van der Waals surface area contributed by atoms with E-state index in [2.05, 4.69) is 0 Å². The number of carbonyl (C=O) groups excluding carboxylic acids is 2. The van der Waals surface area contributed by atoms with E-state index in [9.17, 15) is 9.59 Å². The summed E-state index contributed by atoms with van der Waals surface area (Å²) in [6.07, 6.45) is -3.40. The van der Waals surface area contributed by atoms with Crippen molar-refractivity contribution in [2.75, 3.05) is 6.61 Å². The van der Waals surface area contributed by atoms with Crippen LogP contribution in [-0.2, 0) is 35.1 Å². The molecule has 0 amide bonds. The second kappa shape index (κ2) is 6.33. The zero-order chi connectivity index (χ0) is 15.5. The standard InChI is InChI=1S/C15H16O7/c1-9(16)18-8-11-12-13(22-15(17)21-12)14(20-11)19-7-10-5-3-2-4-6-10/h2-6,11-14H,7-8H2,1H3/t11-,12-,13-,14-/m1/s1. The Balaban J connectivity index is 1.61. The van der Waals surface area contributed by atoms with Crippen LogP contribution in [0, 0.1) is 0 Å². The van der Waals surface area contributed by atoms with Gasteiger partial charge in [-0.05, 0) is 5.56 Å². The van der Waals surface area contributed by atoms with E-state index in [-0.39, 0.29) is 6.61 Å². The molecule has 22 heavy (non-hydrogen) atoms. The third-order valence-electron chi connectivity index (χ3n) is 3.44. The van der Waals surface area contributed by atoms with Crippen molar-refractivity contribution in [2.45, 2.75) is 38.1 Å². The zero-order valence-electron chi connectivity index (χ0n) is 12.0. The van der Waals surface area contributed by atoms with Gasteiger partial charge in [0.25, 0.3) is 0 Å². The second-order valence-electron chi connectivity index (χ2n) is 5.06. The Hall–Kier alpha value is -2.12. The Kier molecular flexibility index (Phi) is 4.26. The van der Waals surface area contributed by atoms with Gasteiger partial charge in [-0.25, -0.2) is 4.79 Å². The minimum Gasteiger partial charge on any atom is -0.463 e. The van der Waals surface area contributed by atoms with E-state index in [1.54, 1.807) is 0 Å². The van der Waals surface area contributed by atoms with Crippen LogP contribution in [0.15, 0.2) is 30.3 Å². The van der Waals surface area contributed by atoms with E-state index in [4.69, 9.17) is 23.7 Å². The number of carbonyl (C=O) groups is 2. The molecule has 2 aliphatic rings. The lowest BCUT2D eigenvalue weighted by Gasteiger charge is -2.16. The number of fused-ring (bicyclic) bond motifs is 1. The molecule has 0 unspecified atom stereocenters. The quantitative estimate of drug-likeness (QED) is 0.760. The van der Waals surface area contributed by atoms with Crippen molar-refractivity contribution < 1.29 is 33.3 Å². The van der Waals surface area contributed by atoms with Crippen LogP contribution in [0.1, 0.15) is 12.5 Å². The largest absolute Gasteiger partial charge is 0.509 e. The fourth-order valence-corrected chi connectivity index (χ4v) is 2.43. The van der Waals surface area contributed by atoms with Crippen LogP contribution in [-0.4, -0.2) is 43.3 Å². The molecule has 2 fully saturated rings. The van der Waals surface area contributed by atoms with Gasteiger partial charge in [-0.1, -0.05) is 30.3 Å². The van der Waals surface area contributed by atoms with Gasteiger partial charge in [-0.15, -0.1) is 0 Å². The van der Waals surface area contributed by atoms with Crippen LogP contribution >= 0.6 is 0 Å². The third-order valence-corrected chi connectivity index (χ3v) is 3.44. The van der Waals surface area contributed by atoms with E-state index < -0.39 is 36.7 Å². The number of esters is 1. The first kappa shape index (κ1) is 14.8. The van der Waals surface area contributed by atoms with Gasteiger partial charge >= 0.3 is 12.1 Å². The summed E-state index contributed by atoms with van der Waals surface area (Å²) in [5.41, 5.74) is 0.969. The van der Waals surface area contributed by atoms with Gasteiger partial charge in [0, 0.05) is 6.92 Å². The second-order valence-corrected chi connectivity index (χ2v) is 5.06. The van der Waals surface area contributed by atoms with E-state index in [1.807, 2.05) is 30.3 Å². The average Bonchev–Trinajstić information content (AvgIpc) is 3.02. The van der Waals surface area contributed by atoms with Crippen molar-refractivity contribution in [1.29, 1.82) is 0 Å². The summed E-state index contributed by atoms with van der Waals surface area (Å²) in [6.45, 7) is 1.60. The maximum absolute atomic E-state index is 11.3. The molecular weight excluding hydrogens is 292 g/mol. The maximum Gasteiger partial charge on any atom is 0.509 e. The molecule has 2 aliphatic heterocycles. The van der Waals surface area contributed by atoms with Crippen molar-refractivity contribution in [3.8, 4) is 0 Å². The molecule has 0 spiro atoms. The molecule has 0 bridgehead atoms. The summed E-state index contributed by atoms with van der Waals surface area (Å²) in [5, 5.41) is 0. The zero-order valence-corrected chi connectivity index (χ0v) is 12.0. The molecule has 2 heterocycles. The lowest BCUT2D eigenvalue weighted by atomic mass is 10.1. The minimum atomic E-state index is -0.764. The van der Waals surface area contributed by atoms with Gasteiger partial charge in [0.1, 0.15) is 12.7 Å². The van der Waals surface area contributed by atoms with Crippen LogP contribution in [0.25, 0.3) is 0 Å². The van der Waals surface area contributed by atoms with Gasteiger partial charge in [0.05, 0.1) is 6.61 Å². The molecule has 4 atom stereocenters. The highest BCUT2D eigenvalue weighted by molar-refractivity contribution is 5.66. The topological polar surface area (TPSA) is 80.3 Å². The van der Waals surface area contributed by atoms with E-state index in [0.29, 0.717) is 6.61 Å². The molecular formula is C15H16O7. The SMILES string of the molecule is CC(=O)OC[C@H]1O[C@@H](OCc2ccccc2)[C@@H]2OC(=O)O[C@@H]21. The molecule has 0 aliphatic carbocycles. The molecule has 0 radical (unpaired) electrons. The molecule has 0 N–H and O–H groups in total. The number of hydrogen-bond acceptors (Lipinski definition) is 7.